The maximum absolute atomic E-state index is 9.65. The zero-order valence-corrected chi connectivity index (χ0v) is 4.55. The summed E-state index contributed by atoms with van der Waals surface area (Å²) < 4.78 is 0. The van der Waals surface area contributed by atoms with Gasteiger partial charge in [0.2, 0.25) is 0 Å². The van der Waals surface area contributed by atoms with Gasteiger partial charge in [0, 0.05) is 5.97 Å². The van der Waals surface area contributed by atoms with Gasteiger partial charge in [-0.1, -0.05) is 0 Å². The number of aliphatic carboxylic acids is 1. The van der Waals surface area contributed by atoms with Gasteiger partial charge in [-0.15, -0.1) is 0 Å². The van der Waals surface area contributed by atoms with E-state index < -0.39 is 5.97 Å². The van der Waals surface area contributed by atoms with Crippen molar-refractivity contribution < 1.29 is 27.0 Å². The molecule has 0 unspecified atom stereocenters. The van der Waals surface area contributed by atoms with Crippen molar-refractivity contribution in [2.45, 2.75) is 12.8 Å². The Morgan fingerprint density at radius 3 is 2.00 bits per heavy atom. The molecule has 0 bridgehead atoms. The summed E-state index contributed by atoms with van der Waals surface area (Å²) in [6.45, 7) is 0. The van der Waals surface area contributed by atoms with Crippen molar-refractivity contribution in [1.82, 2.24) is 0 Å². The molecule has 0 spiro atoms. The predicted molar refractivity (Wildman–Crippen MR) is 17.7 cm³/mol. The fraction of sp³-hybridized carbons (Fsp3) is 0.750. The molecule has 0 N–H and O–H groups in total. The molecule has 0 heterocycles. The van der Waals surface area contributed by atoms with E-state index in [4.69, 9.17) is 0 Å². The minimum Gasteiger partial charge on any atom is -0.550 e. The van der Waals surface area contributed by atoms with Gasteiger partial charge in [0.15, 0.2) is 0 Å². The second-order valence-electron chi connectivity index (χ2n) is 1.59. The van der Waals surface area contributed by atoms with E-state index in [0.29, 0.717) is 0 Å². The zero-order valence-electron chi connectivity index (χ0n) is 3.61. The number of carbonyl (C=O) groups excluding carboxylic acids is 1. The molecule has 0 aromatic carbocycles. The van der Waals surface area contributed by atoms with E-state index in [2.05, 4.69) is 0 Å². The molecule has 0 atom stereocenters. The molecule has 2 nitrogen and oxygen atoms in total. The molecule has 3 heteroatoms. The van der Waals surface area contributed by atoms with Crippen LogP contribution in [0.15, 0.2) is 0 Å². The normalized spacial score (nSPS) is 17.7. The number of carbonyl (C=O) groups is 1. The Hall–Kier alpha value is -0.0105. The smallest absolute Gasteiger partial charge is 0.550 e. The Morgan fingerprint density at radius 2 is 2.00 bits per heavy atom. The number of carboxylic acids is 1. The van der Waals surface area contributed by atoms with Gasteiger partial charge < -0.3 is 9.90 Å². The first-order valence-corrected chi connectivity index (χ1v) is 2.01. The van der Waals surface area contributed by atoms with Gasteiger partial charge in [-0.05, 0) is 18.8 Å². The van der Waals surface area contributed by atoms with E-state index in [1.165, 1.54) is 0 Å². The first kappa shape index (κ1) is 6.99. The van der Waals surface area contributed by atoms with Gasteiger partial charge in [-0.3, -0.25) is 0 Å². The third-order valence-corrected chi connectivity index (χ3v) is 0.911. The summed E-state index contributed by atoms with van der Waals surface area (Å²) in [5, 5.41) is 9.65. The van der Waals surface area contributed by atoms with Crippen molar-refractivity contribution in [1.29, 1.82) is 0 Å². The van der Waals surface area contributed by atoms with Crippen molar-refractivity contribution in [3.63, 3.8) is 0 Å². The maximum atomic E-state index is 9.65. The van der Waals surface area contributed by atoms with Crippen LogP contribution in [0.25, 0.3) is 0 Å². The third-order valence-electron chi connectivity index (χ3n) is 0.911. The average Bonchev–Trinajstić information content (AvgIpc) is 2.06. The molecule has 0 saturated heterocycles. The van der Waals surface area contributed by atoms with Gasteiger partial charge in [-0.2, -0.15) is 0 Å². The van der Waals surface area contributed by atoms with Gasteiger partial charge in [0.05, 0.1) is 0 Å². The number of carboxylic acid groups (broad SMARTS) is 1. The molecule has 44 valence electrons. The molecule has 0 radical (unpaired) electrons. The molecule has 0 aliphatic heterocycles. The average molecular weight is 149 g/mol. The number of rotatable bonds is 1. The number of hydrogen-bond donors (Lipinski definition) is 0. The van der Waals surface area contributed by atoms with E-state index >= 15 is 0 Å². The van der Waals surface area contributed by atoms with Gasteiger partial charge in [0.1, 0.15) is 0 Å². The standard InChI is InChI=1S/C4H6O2.Cu/c5-4(6)3-1-2-3;/h3H,1-2H2,(H,5,6);/q;+1/p-1. The summed E-state index contributed by atoms with van der Waals surface area (Å²) >= 11 is 0. The van der Waals surface area contributed by atoms with Crippen LogP contribution in [-0.4, -0.2) is 5.97 Å². The Labute approximate surface area is 52.4 Å². The molecular weight excluding hydrogens is 144 g/mol. The van der Waals surface area contributed by atoms with Crippen LogP contribution in [-0.2, 0) is 21.9 Å². The van der Waals surface area contributed by atoms with Crippen molar-refractivity contribution in [3.05, 3.63) is 0 Å². The SMILES string of the molecule is O=C([O-])C1CC1.[Cu+]. The van der Waals surface area contributed by atoms with E-state index in [1.54, 1.807) is 0 Å². The summed E-state index contributed by atoms with van der Waals surface area (Å²) in [6.07, 6.45) is 1.67. The molecular formula is C4H5CuO2. The van der Waals surface area contributed by atoms with Crippen LogP contribution in [0.1, 0.15) is 12.8 Å². The van der Waals surface area contributed by atoms with E-state index in [9.17, 15) is 9.90 Å². The van der Waals surface area contributed by atoms with E-state index in [0.717, 1.165) is 12.8 Å². The van der Waals surface area contributed by atoms with Crippen LogP contribution in [0, 0.1) is 5.92 Å². The summed E-state index contributed by atoms with van der Waals surface area (Å²) in [5.74, 6) is -0.972. The van der Waals surface area contributed by atoms with Gasteiger partial charge in [0.25, 0.3) is 0 Å². The predicted octanol–water partition coefficient (Wildman–Crippen LogP) is -0.856. The molecule has 0 aromatic rings. The number of hydrogen-bond acceptors (Lipinski definition) is 2. The van der Waals surface area contributed by atoms with Crippen LogP contribution >= 0.6 is 0 Å². The Kier molecular flexibility index (Phi) is 2.33. The largest absolute Gasteiger partial charge is 1.00 e. The molecule has 1 rings (SSSR count). The van der Waals surface area contributed by atoms with E-state index in [-0.39, 0.29) is 23.0 Å². The molecule has 7 heavy (non-hydrogen) atoms. The molecule has 0 aromatic heterocycles. The fourth-order valence-corrected chi connectivity index (χ4v) is 0.319. The molecule has 1 aliphatic carbocycles. The van der Waals surface area contributed by atoms with Crippen LogP contribution in [0.5, 0.6) is 0 Å². The fourth-order valence-electron chi connectivity index (χ4n) is 0.319. The molecule has 0 amide bonds. The van der Waals surface area contributed by atoms with Crippen molar-refractivity contribution in [2.24, 2.45) is 5.92 Å². The van der Waals surface area contributed by atoms with Crippen LogP contribution in [0.3, 0.4) is 0 Å². The Balaban J connectivity index is 0.000000360. The first-order chi connectivity index (χ1) is 2.80. The Bertz CT molecular complexity index is 77.8. The van der Waals surface area contributed by atoms with Gasteiger partial charge in [-0.25, -0.2) is 0 Å². The van der Waals surface area contributed by atoms with Crippen molar-refractivity contribution in [3.8, 4) is 0 Å². The van der Waals surface area contributed by atoms with Crippen molar-refractivity contribution >= 4 is 5.97 Å². The van der Waals surface area contributed by atoms with Crippen molar-refractivity contribution in [2.75, 3.05) is 0 Å². The first-order valence-electron chi connectivity index (χ1n) is 2.01. The van der Waals surface area contributed by atoms with Crippen LogP contribution in [0.2, 0.25) is 0 Å². The molecule has 1 aliphatic rings. The second-order valence-corrected chi connectivity index (χ2v) is 1.59. The summed E-state index contributed by atoms with van der Waals surface area (Å²) in [6, 6.07) is 0. The maximum Gasteiger partial charge on any atom is 1.00 e. The zero-order chi connectivity index (χ0) is 4.57. The minimum absolute atomic E-state index is 0. The topological polar surface area (TPSA) is 40.1 Å². The monoisotopic (exact) mass is 148 g/mol. The molecule has 1 fully saturated rings. The second kappa shape index (κ2) is 2.34. The van der Waals surface area contributed by atoms with Crippen LogP contribution in [0.4, 0.5) is 0 Å². The van der Waals surface area contributed by atoms with Gasteiger partial charge >= 0.3 is 17.1 Å². The summed E-state index contributed by atoms with van der Waals surface area (Å²) in [5.41, 5.74) is 0. The third kappa shape index (κ3) is 1.95. The summed E-state index contributed by atoms with van der Waals surface area (Å²) in [7, 11) is 0. The van der Waals surface area contributed by atoms with Crippen LogP contribution < -0.4 is 5.11 Å². The summed E-state index contributed by atoms with van der Waals surface area (Å²) in [4.78, 5) is 9.65. The Morgan fingerprint density at radius 1 is 1.57 bits per heavy atom. The minimum atomic E-state index is -0.880. The van der Waals surface area contributed by atoms with E-state index in [1.807, 2.05) is 0 Å². The molecule has 1 saturated carbocycles. The quantitative estimate of drug-likeness (QED) is 0.455.